The number of carbonyl (C=O) groups excluding carboxylic acids is 1. The zero-order chi connectivity index (χ0) is 15.1. The standard InChI is InChI=1S/C13H13ClN4O2S/c14-12-7-16-18(8-12)10-21(20)9-13(19)17-15-6-11-4-2-1-3-5-11/h1-8H,9-10H2,(H,17,19). The molecule has 1 N–H and O–H groups in total. The molecule has 1 unspecified atom stereocenters. The van der Waals surface area contributed by atoms with Crippen LogP contribution < -0.4 is 5.43 Å². The quantitative estimate of drug-likeness (QED) is 0.644. The van der Waals surface area contributed by atoms with Gasteiger partial charge in [0.25, 0.3) is 5.91 Å². The zero-order valence-corrected chi connectivity index (χ0v) is 12.5. The van der Waals surface area contributed by atoms with Gasteiger partial charge >= 0.3 is 0 Å². The summed E-state index contributed by atoms with van der Waals surface area (Å²) in [5.41, 5.74) is 3.20. The smallest absolute Gasteiger partial charge is 0.252 e. The largest absolute Gasteiger partial charge is 0.272 e. The lowest BCUT2D eigenvalue weighted by Crippen LogP contribution is -2.25. The molecule has 2 rings (SSSR count). The molecule has 21 heavy (non-hydrogen) atoms. The number of halogens is 1. The zero-order valence-electron chi connectivity index (χ0n) is 11.0. The molecule has 0 spiro atoms. The lowest BCUT2D eigenvalue weighted by atomic mass is 10.2. The summed E-state index contributed by atoms with van der Waals surface area (Å²) in [6.07, 6.45) is 4.52. The molecule has 0 fully saturated rings. The molecular formula is C13H13ClN4O2S. The molecule has 110 valence electrons. The molecule has 0 saturated heterocycles. The van der Waals surface area contributed by atoms with Crippen molar-refractivity contribution in [3.05, 3.63) is 53.3 Å². The van der Waals surface area contributed by atoms with Crippen LogP contribution in [0.2, 0.25) is 5.02 Å². The fourth-order valence-electron chi connectivity index (χ4n) is 1.50. The van der Waals surface area contributed by atoms with Crippen molar-refractivity contribution in [1.82, 2.24) is 15.2 Å². The van der Waals surface area contributed by atoms with Gasteiger partial charge in [0.2, 0.25) is 0 Å². The van der Waals surface area contributed by atoms with E-state index in [1.54, 1.807) is 6.20 Å². The third-order valence-electron chi connectivity index (χ3n) is 2.37. The Balaban J connectivity index is 1.76. The Labute approximate surface area is 129 Å². The van der Waals surface area contributed by atoms with Gasteiger partial charge in [0.15, 0.2) is 0 Å². The minimum atomic E-state index is -1.38. The molecule has 8 heteroatoms. The Morgan fingerprint density at radius 2 is 2.19 bits per heavy atom. The van der Waals surface area contributed by atoms with Gasteiger partial charge in [-0.2, -0.15) is 10.2 Å². The Morgan fingerprint density at radius 3 is 2.86 bits per heavy atom. The molecule has 0 bridgehead atoms. The van der Waals surface area contributed by atoms with E-state index in [1.165, 1.54) is 17.1 Å². The highest BCUT2D eigenvalue weighted by Gasteiger charge is 2.08. The van der Waals surface area contributed by atoms with E-state index in [0.717, 1.165) is 5.56 Å². The van der Waals surface area contributed by atoms with Crippen molar-refractivity contribution in [2.75, 3.05) is 5.75 Å². The number of aromatic nitrogens is 2. The number of hydrogen-bond donors (Lipinski definition) is 1. The first-order chi connectivity index (χ1) is 10.1. The molecule has 1 aromatic heterocycles. The third-order valence-corrected chi connectivity index (χ3v) is 3.70. The molecule has 1 amide bonds. The van der Waals surface area contributed by atoms with Gasteiger partial charge in [0, 0.05) is 6.20 Å². The Kier molecular flexibility index (Phi) is 5.65. The van der Waals surface area contributed by atoms with Gasteiger partial charge in [0.1, 0.15) is 11.6 Å². The van der Waals surface area contributed by atoms with E-state index in [-0.39, 0.29) is 11.6 Å². The Bertz CT molecular complexity index is 657. The van der Waals surface area contributed by atoms with Crippen molar-refractivity contribution in [2.24, 2.45) is 5.10 Å². The number of benzene rings is 1. The molecule has 2 aromatic rings. The second-order valence-corrected chi connectivity index (χ2v) is 5.98. The molecule has 0 aliphatic rings. The summed E-state index contributed by atoms with van der Waals surface area (Å²) in [6, 6.07) is 9.34. The van der Waals surface area contributed by atoms with Crippen molar-refractivity contribution < 1.29 is 9.00 Å². The van der Waals surface area contributed by atoms with Gasteiger partial charge in [0.05, 0.1) is 28.2 Å². The van der Waals surface area contributed by atoms with E-state index < -0.39 is 16.7 Å². The highest BCUT2D eigenvalue weighted by molar-refractivity contribution is 7.84. The fraction of sp³-hybridized carbons (Fsp3) is 0.154. The van der Waals surface area contributed by atoms with Gasteiger partial charge in [-0.1, -0.05) is 41.9 Å². The van der Waals surface area contributed by atoms with Crippen molar-refractivity contribution in [3.8, 4) is 0 Å². The number of hydrazone groups is 1. The van der Waals surface area contributed by atoms with Crippen LogP contribution in [-0.2, 0) is 21.5 Å². The minimum absolute atomic E-state index is 0.114. The number of nitrogens with zero attached hydrogens (tertiary/aromatic N) is 3. The Hall–Kier alpha value is -1.99. The lowest BCUT2D eigenvalue weighted by Gasteiger charge is -2.01. The van der Waals surface area contributed by atoms with Crippen LogP contribution in [0.5, 0.6) is 0 Å². The van der Waals surface area contributed by atoms with Crippen LogP contribution in [0.15, 0.2) is 47.8 Å². The average Bonchev–Trinajstić information content (AvgIpc) is 2.85. The maximum absolute atomic E-state index is 11.8. The van der Waals surface area contributed by atoms with Crippen molar-refractivity contribution >= 4 is 34.5 Å². The summed E-state index contributed by atoms with van der Waals surface area (Å²) >= 11 is 5.70. The molecule has 6 nitrogen and oxygen atoms in total. The Morgan fingerprint density at radius 1 is 1.43 bits per heavy atom. The SMILES string of the molecule is O=C(CS(=O)Cn1cc(Cl)cn1)NN=Cc1ccccc1. The molecule has 0 aliphatic heterocycles. The molecule has 1 heterocycles. The summed E-state index contributed by atoms with van der Waals surface area (Å²) in [6.45, 7) is 0. The highest BCUT2D eigenvalue weighted by Crippen LogP contribution is 2.05. The summed E-state index contributed by atoms with van der Waals surface area (Å²) in [5.74, 6) is -0.453. The van der Waals surface area contributed by atoms with Crippen LogP contribution in [0, 0.1) is 0 Å². The third kappa shape index (κ3) is 5.49. The van der Waals surface area contributed by atoms with E-state index in [0.29, 0.717) is 5.02 Å². The van der Waals surface area contributed by atoms with Gasteiger partial charge in [-0.3, -0.25) is 13.7 Å². The van der Waals surface area contributed by atoms with Crippen LogP contribution in [0.1, 0.15) is 5.56 Å². The molecule has 0 aliphatic carbocycles. The van der Waals surface area contributed by atoms with Crippen LogP contribution in [0.4, 0.5) is 0 Å². The number of carbonyl (C=O) groups is 1. The minimum Gasteiger partial charge on any atom is -0.272 e. The second kappa shape index (κ2) is 7.70. The molecular weight excluding hydrogens is 312 g/mol. The van der Waals surface area contributed by atoms with Crippen LogP contribution in [0.3, 0.4) is 0 Å². The molecule has 1 aromatic carbocycles. The predicted molar refractivity (Wildman–Crippen MR) is 82.4 cm³/mol. The summed E-state index contributed by atoms with van der Waals surface area (Å²) in [7, 11) is -1.38. The van der Waals surface area contributed by atoms with E-state index in [9.17, 15) is 9.00 Å². The average molecular weight is 325 g/mol. The first-order valence-electron chi connectivity index (χ1n) is 6.03. The predicted octanol–water partition coefficient (Wildman–Crippen LogP) is 1.39. The maximum atomic E-state index is 11.8. The first kappa shape index (κ1) is 15.4. The van der Waals surface area contributed by atoms with Crippen LogP contribution in [0.25, 0.3) is 0 Å². The van der Waals surface area contributed by atoms with Gasteiger partial charge in [-0.15, -0.1) is 0 Å². The summed E-state index contributed by atoms with van der Waals surface area (Å²) < 4.78 is 13.2. The topological polar surface area (TPSA) is 76.3 Å². The van der Waals surface area contributed by atoms with Gasteiger partial charge in [-0.25, -0.2) is 5.43 Å². The van der Waals surface area contributed by atoms with Crippen LogP contribution >= 0.6 is 11.6 Å². The lowest BCUT2D eigenvalue weighted by molar-refractivity contribution is -0.118. The van der Waals surface area contributed by atoms with Gasteiger partial charge in [-0.05, 0) is 5.56 Å². The highest BCUT2D eigenvalue weighted by atomic mass is 35.5. The normalized spacial score (nSPS) is 12.4. The monoisotopic (exact) mass is 324 g/mol. The van der Waals surface area contributed by atoms with Gasteiger partial charge < -0.3 is 0 Å². The fourth-order valence-corrected chi connectivity index (χ4v) is 2.54. The summed E-state index contributed by atoms with van der Waals surface area (Å²) in [4.78, 5) is 11.6. The van der Waals surface area contributed by atoms with E-state index >= 15 is 0 Å². The van der Waals surface area contributed by atoms with Crippen LogP contribution in [-0.4, -0.2) is 31.9 Å². The van der Waals surface area contributed by atoms with E-state index in [2.05, 4.69) is 15.6 Å². The molecule has 1 atom stereocenters. The first-order valence-corrected chi connectivity index (χ1v) is 7.90. The number of amides is 1. The van der Waals surface area contributed by atoms with E-state index in [4.69, 9.17) is 11.6 Å². The number of nitrogens with one attached hydrogen (secondary N) is 1. The van der Waals surface area contributed by atoms with Crippen molar-refractivity contribution in [3.63, 3.8) is 0 Å². The second-order valence-electron chi connectivity index (χ2n) is 4.12. The summed E-state index contributed by atoms with van der Waals surface area (Å²) in [5, 5.41) is 8.16. The van der Waals surface area contributed by atoms with Crippen molar-refractivity contribution in [1.29, 1.82) is 0 Å². The van der Waals surface area contributed by atoms with Crippen molar-refractivity contribution in [2.45, 2.75) is 5.88 Å². The molecule has 0 radical (unpaired) electrons. The number of rotatable bonds is 6. The number of hydrogen-bond acceptors (Lipinski definition) is 4. The van der Waals surface area contributed by atoms with E-state index in [1.807, 2.05) is 30.3 Å². The maximum Gasteiger partial charge on any atom is 0.252 e. The molecule has 0 saturated carbocycles.